The van der Waals surface area contributed by atoms with E-state index < -0.39 is 0 Å². The second kappa shape index (κ2) is 5.52. The fraction of sp³-hybridized carbons (Fsp3) is 0.733. The number of hydrogen-bond donors (Lipinski definition) is 1. The first-order valence-corrected chi connectivity index (χ1v) is 8.47. The van der Waals surface area contributed by atoms with Crippen LogP contribution in [-0.2, 0) is 6.42 Å². The van der Waals surface area contributed by atoms with Crippen molar-refractivity contribution in [2.45, 2.75) is 64.0 Å². The first-order chi connectivity index (χ1) is 8.74. The van der Waals surface area contributed by atoms with Gasteiger partial charge in [0.05, 0.1) is 4.34 Å². The number of rotatable bonds is 3. The molecule has 1 aromatic heterocycles. The van der Waals surface area contributed by atoms with Gasteiger partial charge in [0.25, 0.3) is 0 Å². The van der Waals surface area contributed by atoms with Gasteiger partial charge in [-0.3, -0.25) is 0 Å². The van der Waals surface area contributed by atoms with E-state index >= 15 is 0 Å². The van der Waals surface area contributed by atoms with E-state index in [1.165, 1.54) is 55.4 Å². The lowest BCUT2D eigenvalue weighted by Gasteiger charge is -2.30. The molecule has 1 unspecified atom stereocenters. The normalized spacial score (nSPS) is 26.2. The van der Waals surface area contributed by atoms with Gasteiger partial charge in [0.2, 0.25) is 0 Å². The van der Waals surface area contributed by atoms with Crippen molar-refractivity contribution in [2.75, 3.05) is 0 Å². The van der Waals surface area contributed by atoms with E-state index in [0.717, 1.165) is 10.3 Å². The van der Waals surface area contributed by atoms with E-state index in [-0.39, 0.29) is 0 Å². The van der Waals surface area contributed by atoms with Gasteiger partial charge in [-0.25, -0.2) is 0 Å². The second-order valence-corrected chi connectivity index (χ2v) is 7.64. The zero-order chi connectivity index (χ0) is 12.5. The van der Waals surface area contributed by atoms with Gasteiger partial charge >= 0.3 is 0 Å². The topological polar surface area (TPSA) is 12.0 Å². The Labute approximate surface area is 119 Å². The molecule has 3 rings (SSSR count). The van der Waals surface area contributed by atoms with Crippen molar-refractivity contribution in [3.8, 4) is 0 Å². The smallest absolute Gasteiger partial charge is 0.0934 e. The zero-order valence-electron chi connectivity index (χ0n) is 11.0. The molecule has 1 aromatic rings. The third-order valence-corrected chi connectivity index (χ3v) is 6.01. The van der Waals surface area contributed by atoms with E-state index in [2.05, 4.69) is 18.3 Å². The summed E-state index contributed by atoms with van der Waals surface area (Å²) in [5, 5.41) is 3.87. The van der Waals surface area contributed by atoms with Crippen LogP contribution in [0.15, 0.2) is 6.07 Å². The first kappa shape index (κ1) is 13.0. The van der Waals surface area contributed by atoms with Gasteiger partial charge in [-0.1, -0.05) is 30.9 Å². The Morgan fingerprint density at radius 1 is 1.28 bits per heavy atom. The summed E-state index contributed by atoms with van der Waals surface area (Å²) in [7, 11) is 0. The summed E-state index contributed by atoms with van der Waals surface area (Å²) in [6.07, 6.45) is 9.60. The van der Waals surface area contributed by atoms with E-state index in [0.29, 0.717) is 12.1 Å². The van der Waals surface area contributed by atoms with E-state index in [4.69, 9.17) is 11.6 Å². The molecule has 0 radical (unpaired) electrons. The highest BCUT2D eigenvalue weighted by atomic mass is 35.5. The average Bonchev–Trinajstić information content (AvgIpc) is 2.91. The minimum atomic E-state index is 0.556. The summed E-state index contributed by atoms with van der Waals surface area (Å²) in [6, 6.07) is 3.39. The minimum absolute atomic E-state index is 0.556. The number of halogens is 1. The molecule has 1 saturated carbocycles. The molecule has 2 atom stereocenters. The molecule has 0 saturated heterocycles. The zero-order valence-corrected chi connectivity index (χ0v) is 12.6. The quantitative estimate of drug-likeness (QED) is 0.828. The van der Waals surface area contributed by atoms with Crippen molar-refractivity contribution < 1.29 is 0 Å². The highest BCUT2D eigenvalue weighted by Gasteiger charge is 2.28. The van der Waals surface area contributed by atoms with E-state index in [1.807, 2.05) is 0 Å². The average molecular weight is 284 g/mol. The molecule has 1 heterocycles. The Balaban J connectivity index is 1.63. The van der Waals surface area contributed by atoms with Crippen LogP contribution in [0.2, 0.25) is 4.34 Å². The molecule has 2 aliphatic rings. The summed E-state index contributed by atoms with van der Waals surface area (Å²) in [5.74, 6) is 0.886. The highest BCUT2D eigenvalue weighted by molar-refractivity contribution is 7.16. The summed E-state index contributed by atoms with van der Waals surface area (Å²) in [4.78, 5) is 1.51. The van der Waals surface area contributed by atoms with Crippen molar-refractivity contribution in [1.82, 2.24) is 5.32 Å². The van der Waals surface area contributed by atoms with Crippen LogP contribution in [-0.4, -0.2) is 6.04 Å². The summed E-state index contributed by atoms with van der Waals surface area (Å²) in [5.41, 5.74) is 1.48. The summed E-state index contributed by atoms with van der Waals surface area (Å²) in [6.45, 7) is 2.38. The van der Waals surface area contributed by atoms with Crippen LogP contribution < -0.4 is 5.32 Å². The maximum atomic E-state index is 6.12. The molecule has 0 aliphatic heterocycles. The van der Waals surface area contributed by atoms with Crippen molar-refractivity contribution in [1.29, 1.82) is 0 Å². The molecular formula is C15H22ClNS. The number of nitrogens with one attached hydrogen (secondary N) is 1. The van der Waals surface area contributed by atoms with Gasteiger partial charge < -0.3 is 5.32 Å². The van der Waals surface area contributed by atoms with E-state index in [9.17, 15) is 0 Å². The predicted octanol–water partition coefficient (Wildman–Crippen LogP) is 4.95. The van der Waals surface area contributed by atoms with Gasteiger partial charge in [-0.2, -0.15) is 0 Å². The first-order valence-electron chi connectivity index (χ1n) is 7.28. The number of thiophene rings is 1. The minimum Gasteiger partial charge on any atom is -0.307 e. The standard InChI is InChI=1S/C15H22ClNS/c1-10(11-5-3-2-4-6-11)17-13-7-8-14-12(13)9-15(16)18-14/h9-11,13,17H,2-8H2,1H3/t10-,13?/m0/s1. The molecule has 1 nitrogen and oxygen atoms in total. The van der Waals surface area contributed by atoms with Gasteiger partial charge in [0.1, 0.15) is 0 Å². The third-order valence-electron chi connectivity index (χ3n) is 4.67. The van der Waals surface area contributed by atoms with Crippen molar-refractivity contribution >= 4 is 22.9 Å². The highest BCUT2D eigenvalue weighted by Crippen LogP contribution is 2.40. The third kappa shape index (κ3) is 2.61. The monoisotopic (exact) mass is 283 g/mol. The Hall–Kier alpha value is -0.0500. The maximum absolute atomic E-state index is 6.12. The Morgan fingerprint density at radius 3 is 2.83 bits per heavy atom. The molecule has 0 spiro atoms. The van der Waals surface area contributed by atoms with Crippen LogP contribution >= 0.6 is 22.9 Å². The van der Waals surface area contributed by atoms with Crippen LogP contribution in [0.4, 0.5) is 0 Å². The molecule has 0 bridgehead atoms. The van der Waals surface area contributed by atoms with Crippen molar-refractivity contribution in [3.63, 3.8) is 0 Å². The van der Waals surface area contributed by atoms with Crippen LogP contribution in [0.5, 0.6) is 0 Å². The molecule has 2 aliphatic carbocycles. The largest absolute Gasteiger partial charge is 0.307 e. The van der Waals surface area contributed by atoms with Crippen LogP contribution in [0.25, 0.3) is 0 Å². The molecule has 100 valence electrons. The second-order valence-electron chi connectivity index (χ2n) is 5.87. The Bertz CT molecular complexity index is 409. The lowest BCUT2D eigenvalue weighted by molar-refractivity contribution is 0.264. The van der Waals surface area contributed by atoms with Crippen LogP contribution in [0.3, 0.4) is 0 Å². The van der Waals surface area contributed by atoms with Crippen molar-refractivity contribution in [2.24, 2.45) is 5.92 Å². The molecule has 1 N–H and O–H groups in total. The van der Waals surface area contributed by atoms with E-state index in [1.54, 1.807) is 11.3 Å². The number of hydrogen-bond acceptors (Lipinski definition) is 2. The lowest BCUT2D eigenvalue weighted by Crippen LogP contribution is -2.36. The summed E-state index contributed by atoms with van der Waals surface area (Å²) < 4.78 is 0.955. The fourth-order valence-corrected chi connectivity index (χ4v) is 4.95. The predicted molar refractivity (Wildman–Crippen MR) is 79.6 cm³/mol. The van der Waals surface area contributed by atoms with Gasteiger partial charge in [-0.05, 0) is 50.2 Å². The number of aryl methyl sites for hydroxylation is 1. The Kier molecular flexibility index (Phi) is 3.97. The molecule has 0 aromatic carbocycles. The summed E-state index contributed by atoms with van der Waals surface area (Å²) >= 11 is 7.89. The van der Waals surface area contributed by atoms with Crippen LogP contribution in [0.1, 0.15) is 61.9 Å². The van der Waals surface area contributed by atoms with Crippen LogP contribution in [0, 0.1) is 5.92 Å². The van der Waals surface area contributed by atoms with Crippen molar-refractivity contribution in [3.05, 3.63) is 20.8 Å². The van der Waals surface area contributed by atoms with Gasteiger partial charge in [0.15, 0.2) is 0 Å². The SMILES string of the molecule is C[C@H](NC1CCc2sc(Cl)cc21)C1CCCCC1. The number of fused-ring (bicyclic) bond motifs is 1. The molecular weight excluding hydrogens is 262 g/mol. The van der Waals surface area contributed by atoms with Gasteiger partial charge in [-0.15, -0.1) is 11.3 Å². The lowest BCUT2D eigenvalue weighted by atomic mass is 9.84. The molecule has 1 fully saturated rings. The molecule has 18 heavy (non-hydrogen) atoms. The molecule has 0 amide bonds. The maximum Gasteiger partial charge on any atom is 0.0934 e. The molecule has 3 heteroatoms. The fourth-order valence-electron chi connectivity index (χ4n) is 3.59. The Morgan fingerprint density at radius 2 is 2.06 bits per heavy atom. The van der Waals surface area contributed by atoms with Gasteiger partial charge in [0, 0.05) is 17.0 Å².